The maximum absolute atomic E-state index is 4.35. The van der Waals surface area contributed by atoms with Crippen LogP contribution in [0.25, 0.3) is 0 Å². The summed E-state index contributed by atoms with van der Waals surface area (Å²) in [5, 5.41) is 0. The minimum Gasteiger partial charge on any atom is -0.258 e. The summed E-state index contributed by atoms with van der Waals surface area (Å²) in [4.78, 5) is 8.62. The van der Waals surface area contributed by atoms with Crippen LogP contribution >= 0.6 is 0 Å². The molecule has 1 unspecified atom stereocenters. The molecule has 0 aliphatic heterocycles. The van der Waals surface area contributed by atoms with Crippen LogP contribution in [0.3, 0.4) is 0 Å². The Kier molecular flexibility index (Phi) is 1.47. The molecule has 1 aliphatic carbocycles. The fourth-order valence-corrected chi connectivity index (χ4v) is 1.70. The van der Waals surface area contributed by atoms with Gasteiger partial charge in [0.1, 0.15) is 0 Å². The van der Waals surface area contributed by atoms with Crippen LogP contribution in [0.15, 0.2) is 12.4 Å². The lowest BCUT2D eigenvalue weighted by Gasteiger charge is -2.37. The molecule has 1 aliphatic rings. The van der Waals surface area contributed by atoms with Gasteiger partial charge in [-0.2, -0.15) is 0 Å². The third-order valence-corrected chi connectivity index (χ3v) is 2.58. The highest BCUT2D eigenvalue weighted by molar-refractivity contribution is 5.29. The van der Waals surface area contributed by atoms with E-state index in [-0.39, 0.29) is 0 Å². The highest BCUT2D eigenvalue weighted by Gasteiger charge is 2.37. The van der Waals surface area contributed by atoms with Crippen LogP contribution in [-0.2, 0) is 6.42 Å². The molecule has 1 aromatic heterocycles. The van der Waals surface area contributed by atoms with Crippen LogP contribution in [0, 0.1) is 5.41 Å². The first-order valence-electron chi connectivity index (χ1n) is 4.39. The Balaban J connectivity index is 2.31. The normalized spacial score (nSPS) is 21.4. The van der Waals surface area contributed by atoms with Crippen LogP contribution in [0.4, 0.5) is 0 Å². The Bertz CT molecular complexity index is 299. The lowest BCUT2D eigenvalue weighted by atomic mass is 9.69. The van der Waals surface area contributed by atoms with Gasteiger partial charge < -0.3 is 0 Å². The van der Waals surface area contributed by atoms with Crippen molar-refractivity contribution in [3.8, 4) is 0 Å². The summed E-state index contributed by atoms with van der Waals surface area (Å²) in [6.07, 6.45) is 4.67. The van der Waals surface area contributed by atoms with Crippen LogP contribution in [0.2, 0.25) is 0 Å². The monoisotopic (exact) mass is 162 g/mol. The van der Waals surface area contributed by atoms with Crippen molar-refractivity contribution in [2.45, 2.75) is 33.1 Å². The number of fused-ring (bicyclic) bond motifs is 1. The Morgan fingerprint density at radius 1 is 1.25 bits per heavy atom. The zero-order chi connectivity index (χ0) is 8.77. The molecular formula is C10H14N2. The van der Waals surface area contributed by atoms with E-state index < -0.39 is 0 Å². The first-order valence-corrected chi connectivity index (χ1v) is 4.39. The van der Waals surface area contributed by atoms with Gasteiger partial charge in [-0.1, -0.05) is 20.8 Å². The van der Waals surface area contributed by atoms with Crippen molar-refractivity contribution in [1.29, 1.82) is 0 Å². The van der Waals surface area contributed by atoms with E-state index in [1.54, 1.807) is 12.4 Å². The topological polar surface area (TPSA) is 25.8 Å². The van der Waals surface area contributed by atoms with Crippen LogP contribution in [0.1, 0.15) is 38.1 Å². The predicted octanol–water partition coefficient (Wildman–Crippen LogP) is 2.16. The van der Waals surface area contributed by atoms with Gasteiger partial charge in [0.25, 0.3) is 0 Å². The largest absolute Gasteiger partial charge is 0.258 e. The van der Waals surface area contributed by atoms with Crippen molar-refractivity contribution >= 4 is 0 Å². The smallest absolute Gasteiger partial charge is 0.0658 e. The van der Waals surface area contributed by atoms with E-state index in [0.29, 0.717) is 11.3 Å². The van der Waals surface area contributed by atoms with Crippen molar-refractivity contribution in [1.82, 2.24) is 9.97 Å². The van der Waals surface area contributed by atoms with E-state index >= 15 is 0 Å². The fraction of sp³-hybridized carbons (Fsp3) is 0.600. The molecule has 2 nitrogen and oxygen atoms in total. The van der Waals surface area contributed by atoms with Crippen molar-refractivity contribution in [3.05, 3.63) is 23.8 Å². The molecule has 0 saturated carbocycles. The average molecular weight is 162 g/mol. The average Bonchev–Trinajstić information content (AvgIpc) is 1.88. The molecule has 0 spiro atoms. The third kappa shape index (κ3) is 1.02. The SMILES string of the molecule is CC(C)(C)C1Cc2nccnc21. The molecule has 2 rings (SSSR count). The number of hydrogen-bond acceptors (Lipinski definition) is 2. The van der Waals surface area contributed by atoms with Crippen molar-refractivity contribution < 1.29 is 0 Å². The number of hydrogen-bond donors (Lipinski definition) is 0. The maximum atomic E-state index is 4.35. The summed E-state index contributed by atoms with van der Waals surface area (Å²) >= 11 is 0. The van der Waals surface area contributed by atoms with E-state index in [4.69, 9.17) is 0 Å². The first-order chi connectivity index (χ1) is 5.59. The van der Waals surface area contributed by atoms with Gasteiger partial charge in [-0.15, -0.1) is 0 Å². The van der Waals surface area contributed by atoms with Gasteiger partial charge in [-0.3, -0.25) is 9.97 Å². The third-order valence-electron chi connectivity index (χ3n) is 2.58. The zero-order valence-electron chi connectivity index (χ0n) is 7.83. The van der Waals surface area contributed by atoms with Gasteiger partial charge >= 0.3 is 0 Å². The molecule has 0 saturated heterocycles. The van der Waals surface area contributed by atoms with Gasteiger partial charge in [0.05, 0.1) is 11.4 Å². The summed E-state index contributed by atoms with van der Waals surface area (Å²) in [5.41, 5.74) is 2.74. The number of aromatic nitrogens is 2. The molecular weight excluding hydrogens is 148 g/mol. The van der Waals surface area contributed by atoms with Gasteiger partial charge in [-0.25, -0.2) is 0 Å². The summed E-state index contributed by atoms with van der Waals surface area (Å²) in [6, 6.07) is 0. The summed E-state index contributed by atoms with van der Waals surface area (Å²) < 4.78 is 0. The van der Waals surface area contributed by atoms with Crippen LogP contribution < -0.4 is 0 Å². The van der Waals surface area contributed by atoms with Gasteiger partial charge in [0.15, 0.2) is 0 Å². The van der Waals surface area contributed by atoms with E-state index in [1.165, 1.54) is 11.4 Å². The molecule has 0 radical (unpaired) electrons. The second-order valence-corrected chi connectivity index (χ2v) is 4.51. The number of nitrogens with zero attached hydrogens (tertiary/aromatic N) is 2. The predicted molar refractivity (Wildman–Crippen MR) is 47.9 cm³/mol. The van der Waals surface area contributed by atoms with Crippen molar-refractivity contribution in [3.63, 3.8) is 0 Å². The maximum Gasteiger partial charge on any atom is 0.0658 e. The second kappa shape index (κ2) is 2.28. The van der Waals surface area contributed by atoms with Crippen LogP contribution in [-0.4, -0.2) is 9.97 Å². The summed E-state index contributed by atoms with van der Waals surface area (Å²) in [6.45, 7) is 6.78. The van der Waals surface area contributed by atoms with Crippen molar-refractivity contribution in [2.75, 3.05) is 0 Å². The molecule has 0 aromatic carbocycles. The van der Waals surface area contributed by atoms with E-state index in [0.717, 1.165) is 6.42 Å². The minimum absolute atomic E-state index is 0.336. The molecule has 1 heterocycles. The lowest BCUT2D eigenvalue weighted by Crippen LogP contribution is -2.31. The highest BCUT2D eigenvalue weighted by Crippen LogP contribution is 2.44. The fourth-order valence-electron chi connectivity index (χ4n) is 1.70. The van der Waals surface area contributed by atoms with E-state index in [9.17, 15) is 0 Å². The highest BCUT2D eigenvalue weighted by atomic mass is 14.8. The Morgan fingerprint density at radius 3 is 2.50 bits per heavy atom. The molecule has 0 bridgehead atoms. The summed E-state index contributed by atoms with van der Waals surface area (Å²) in [5.74, 6) is 0.612. The van der Waals surface area contributed by atoms with E-state index in [1.807, 2.05) is 0 Å². The zero-order valence-corrected chi connectivity index (χ0v) is 7.83. The Morgan fingerprint density at radius 2 is 1.92 bits per heavy atom. The molecule has 1 atom stereocenters. The van der Waals surface area contributed by atoms with E-state index in [2.05, 4.69) is 30.7 Å². The lowest BCUT2D eigenvalue weighted by molar-refractivity contribution is 0.279. The molecule has 0 amide bonds. The molecule has 2 heteroatoms. The summed E-state index contributed by atoms with van der Waals surface area (Å²) in [7, 11) is 0. The minimum atomic E-state index is 0.336. The molecule has 64 valence electrons. The van der Waals surface area contributed by atoms with Gasteiger partial charge in [0, 0.05) is 24.7 Å². The first kappa shape index (κ1) is 7.71. The molecule has 12 heavy (non-hydrogen) atoms. The standard InChI is InChI=1S/C10H14N2/c1-10(2,3)7-6-8-9(7)12-5-4-11-8/h4-5,7H,6H2,1-3H3. The molecule has 0 fully saturated rings. The Hall–Kier alpha value is -0.920. The number of rotatable bonds is 0. The molecule has 0 N–H and O–H groups in total. The molecule has 1 aromatic rings. The van der Waals surface area contributed by atoms with Gasteiger partial charge in [0.2, 0.25) is 0 Å². The second-order valence-electron chi connectivity index (χ2n) is 4.51. The Labute approximate surface area is 73.1 Å². The van der Waals surface area contributed by atoms with Crippen LogP contribution in [0.5, 0.6) is 0 Å². The van der Waals surface area contributed by atoms with Crippen molar-refractivity contribution in [2.24, 2.45) is 5.41 Å². The quantitative estimate of drug-likeness (QED) is 0.584. The van der Waals surface area contributed by atoms with Gasteiger partial charge in [-0.05, 0) is 5.41 Å².